The van der Waals surface area contributed by atoms with E-state index in [1.165, 1.54) is 16.9 Å². The highest BCUT2D eigenvalue weighted by molar-refractivity contribution is 7.14. The lowest BCUT2D eigenvalue weighted by atomic mass is 9.97. The number of nitrogens with one attached hydrogen (secondary N) is 1. The topological polar surface area (TPSA) is 71.0 Å². The lowest BCUT2D eigenvalue weighted by molar-refractivity contribution is -0.120. The Morgan fingerprint density at radius 3 is 2.78 bits per heavy atom. The Balaban J connectivity index is 1.41. The van der Waals surface area contributed by atoms with Crippen molar-refractivity contribution in [2.75, 3.05) is 23.3 Å². The molecule has 0 bridgehead atoms. The zero-order valence-electron chi connectivity index (χ0n) is 15.1. The van der Waals surface area contributed by atoms with Crippen LogP contribution in [0.25, 0.3) is 11.3 Å². The van der Waals surface area contributed by atoms with Crippen molar-refractivity contribution in [2.24, 2.45) is 5.92 Å². The van der Waals surface area contributed by atoms with Crippen molar-refractivity contribution in [3.8, 4) is 11.3 Å². The molecule has 1 amide bonds. The molecular weight excluding hydrogens is 358 g/mol. The number of piperidine rings is 1. The van der Waals surface area contributed by atoms with Gasteiger partial charge in [-0.2, -0.15) is 0 Å². The van der Waals surface area contributed by atoms with Gasteiger partial charge in [-0.1, -0.05) is 29.8 Å². The number of hydrogen-bond donors (Lipinski definition) is 1. The number of hydrogen-bond acceptors (Lipinski definition) is 6. The Hall–Kier alpha value is -2.80. The Morgan fingerprint density at radius 2 is 2.00 bits per heavy atom. The van der Waals surface area contributed by atoms with Crippen molar-refractivity contribution in [1.82, 2.24) is 15.0 Å². The summed E-state index contributed by atoms with van der Waals surface area (Å²) in [5.74, 6) is 0.612. The molecule has 0 aliphatic carbocycles. The van der Waals surface area contributed by atoms with E-state index in [1.807, 2.05) is 5.38 Å². The molecule has 1 N–H and O–H groups in total. The first-order valence-electron chi connectivity index (χ1n) is 9.04. The summed E-state index contributed by atoms with van der Waals surface area (Å²) < 4.78 is 0. The van der Waals surface area contributed by atoms with Gasteiger partial charge < -0.3 is 10.2 Å². The molecule has 27 heavy (non-hydrogen) atoms. The minimum Gasteiger partial charge on any atom is -0.340 e. The minimum atomic E-state index is -0.0886. The highest BCUT2D eigenvalue weighted by Gasteiger charge is 2.27. The van der Waals surface area contributed by atoms with Gasteiger partial charge in [0.25, 0.3) is 0 Å². The molecule has 2 aromatic heterocycles. The molecule has 1 atom stereocenters. The summed E-state index contributed by atoms with van der Waals surface area (Å²) in [5.41, 5.74) is 3.16. The van der Waals surface area contributed by atoms with Gasteiger partial charge in [0, 0.05) is 36.4 Å². The maximum atomic E-state index is 12.7. The SMILES string of the molecule is Cc1ccc(-c2csc(NC(=O)C3CCCN(c4ncccn4)C3)n2)cc1. The van der Waals surface area contributed by atoms with Crippen LogP contribution < -0.4 is 10.2 Å². The Labute approximate surface area is 162 Å². The van der Waals surface area contributed by atoms with Crippen molar-refractivity contribution in [2.45, 2.75) is 19.8 Å². The van der Waals surface area contributed by atoms with Gasteiger partial charge in [0.15, 0.2) is 5.13 Å². The first-order valence-corrected chi connectivity index (χ1v) is 9.92. The van der Waals surface area contributed by atoms with E-state index in [4.69, 9.17) is 0 Å². The standard InChI is InChI=1S/C20H21N5OS/c1-14-5-7-15(8-6-14)17-13-27-20(23-17)24-18(26)16-4-2-11-25(12-16)19-21-9-3-10-22-19/h3,5-10,13,16H,2,4,11-12H2,1H3,(H,23,24,26). The highest BCUT2D eigenvalue weighted by atomic mass is 32.1. The average Bonchev–Trinajstić information content (AvgIpc) is 3.18. The molecule has 138 valence electrons. The smallest absolute Gasteiger partial charge is 0.231 e. The zero-order chi connectivity index (χ0) is 18.6. The lowest BCUT2D eigenvalue weighted by Gasteiger charge is -2.31. The van der Waals surface area contributed by atoms with Crippen molar-refractivity contribution < 1.29 is 4.79 Å². The number of thiazole rings is 1. The molecule has 1 aromatic carbocycles. The number of benzene rings is 1. The van der Waals surface area contributed by atoms with E-state index >= 15 is 0 Å². The van der Waals surface area contributed by atoms with Crippen molar-refractivity contribution in [3.05, 3.63) is 53.7 Å². The minimum absolute atomic E-state index is 0.0143. The Kier molecular flexibility index (Phi) is 5.11. The van der Waals surface area contributed by atoms with Crippen molar-refractivity contribution in [3.63, 3.8) is 0 Å². The average molecular weight is 379 g/mol. The first-order chi connectivity index (χ1) is 13.2. The molecule has 0 saturated carbocycles. The summed E-state index contributed by atoms with van der Waals surface area (Å²) in [4.78, 5) is 28.0. The number of aromatic nitrogens is 3. The van der Waals surface area contributed by atoms with Crippen LogP contribution in [-0.4, -0.2) is 33.9 Å². The van der Waals surface area contributed by atoms with Crippen LogP contribution in [0.5, 0.6) is 0 Å². The number of amides is 1. The van der Waals surface area contributed by atoms with E-state index in [1.54, 1.807) is 18.5 Å². The fourth-order valence-corrected chi connectivity index (χ4v) is 3.95. The van der Waals surface area contributed by atoms with E-state index in [0.29, 0.717) is 17.6 Å². The van der Waals surface area contributed by atoms with E-state index in [0.717, 1.165) is 30.6 Å². The molecule has 6 nitrogen and oxygen atoms in total. The Morgan fingerprint density at radius 1 is 1.22 bits per heavy atom. The van der Waals surface area contributed by atoms with Crippen molar-refractivity contribution in [1.29, 1.82) is 0 Å². The van der Waals surface area contributed by atoms with Gasteiger partial charge in [-0.3, -0.25) is 4.79 Å². The molecule has 1 saturated heterocycles. The second-order valence-electron chi connectivity index (χ2n) is 6.73. The van der Waals surface area contributed by atoms with E-state index in [-0.39, 0.29) is 11.8 Å². The quantitative estimate of drug-likeness (QED) is 0.747. The van der Waals surface area contributed by atoms with Crippen molar-refractivity contribution >= 4 is 28.3 Å². The molecule has 4 rings (SSSR count). The third-order valence-corrected chi connectivity index (χ3v) is 5.47. The van der Waals surface area contributed by atoms with Crippen LogP contribution >= 0.6 is 11.3 Å². The van der Waals surface area contributed by atoms with Gasteiger partial charge in [0.2, 0.25) is 11.9 Å². The molecule has 1 fully saturated rings. The Bertz CT molecular complexity index is 910. The highest BCUT2D eigenvalue weighted by Crippen LogP contribution is 2.27. The lowest BCUT2D eigenvalue weighted by Crippen LogP contribution is -2.41. The second-order valence-corrected chi connectivity index (χ2v) is 7.59. The second kappa shape index (κ2) is 7.84. The molecular formula is C20H21N5OS. The van der Waals surface area contributed by atoms with Crippen LogP contribution in [0.15, 0.2) is 48.1 Å². The number of carbonyl (C=O) groups excluding carboxylic acids is 1. The molecule has 1 aliphatic rings. The van der Waals surface area contributed by atoms with E-state index < -0.39 is 0 Å². The van der Waals surface area contributed by atoms with Crippen LogP contribution in [0.4, 0.5) is 11.1 Å². The molecule has 1 aliphatic heterocycles. The summed E-state index contributed by atoms with van der Waals surface area (Å²) in [5, 5.41) is 5.61. The number of aryl methyl sites for hydroxylation is 1. The molecule has 0 radical (unpaired) electrons. The molecule has 3 aromatic rings. The van der Waals surface area contributed by atoms with E-state index in [2.05, 4.69) is 56.4 Å². The molecule has 0 spiro atoms. The predicted octanol–water partition coefficient (Wildman–Crippen LogP) is 3.76. The van der Waals surface area contributed by atoms with Gasteiger partial charge in [-0.05, 0) is 25.8 Å². The normalized spacial score (nSPS) is 16.9. The van der Waals surface area contributed by atoms with Gasteiger partial charge in [-0.15, -0.1) is 11.3 Å². The summed E-state index contributed by atoms with van der Waals surface area (Å²) in [6, 6.07) is 10.0. The number of anilines is 2. The maximum absolute atomic E-state index is 12.7. The van der Waals surface area contributed by atoms with Crippen LogP contribution in [0, 0.1) is 12.8 Å². The predicted molar refractivity (Wildman–Crippen MR) is 108 cm³/mol. The first kappa shape index (κ1) is 17.6. The fraction of sp³-hybridized carbons (Fsp3) is 0.300. The largest absolute Gasteiger partial charge is 0.340 e. The van der Waals surface area contributed by atoms with Crippen LogP contribution in [0.3, 0.4) is 0 Å². The monoisotopic (exact) mass is 379 g/mol. The van der Waals surface area contributed by atoms with Gasteiger partial charge in [0.05, 0.1) is 11.6 Å². The zero-order valence-corrected chi connectivity index (χ0v) is 15.9. The molecule has 7 heteroatoms. The van der Waals surface area contributed by atoms with Gasteiger partial charge in [-0.25, -0.2) is 15.0 Å². The summed E-state index contributed by atoms with van der Waals surface area (Å²) in [6.07, 6.45) is 5.27. The van der Waals surface area contributed by atoms with E-state index in [9.17, 15) is 4.79 Å². The van der Waals surface area contributed by atoms with Gasteiger partial charge in [0.1, 0.15) is 0 Å². The third kappa shape index (κ3) is 4.14. The number of nitrogens with zero attached hydrogens (tertiary/aromatic N) is 4. The van der Waals surface area contributed by atoms with Crippen LogP contribution in [0.2, 0.25) is 0 Å². The summed E-state index contributed by atoms with van der Waals surface area (Å²) >= 11 is 1.46. The summed E-state index contributed by atoms with van der Waals surface area (Å²) in [6.45, 7) is 3.57. The summed E-state index contributed by atoms with van der Waals surface area (Å²) in [7, 11) is 0. The molecule has 1 unspecified atom stereocenters. The number of carbonyl (C=O) groups is 1. The number of rotatable bonds is 4. The van der Waals surface area contributed by atoms with Gasteiger partial charge >= 0.3 is 0 Å². The van der Waals surface area contributed by atoms with Crippen LogP contribution in [0.1, 0.15) is 18.4 Å². The third-order valence-electron chi connectivity index (χ3n) is 4.71. The van der Waals surface area contributed by atoms with Crippen LogP contribution in [-0.2, 0) is 4.79 Å². The maximum Gasteiger partial charge on any atom is 0.231 e. The molecule has 3 heterocycles. The fourth-order valence-electron chi connectivity index (χ4n) is 3.22.